The van der Waals surface area contributed by atoms with Gasteiger partial charge in [-0.05, 0) is 25.8 Å². The van der Waals surface area contributed by atoms with Crippen LogP contribution in [0.25, 0.3) is 0 Å². The van der Waals surface area contributed by atoms with Crippen molar-refractivity contribution < 1.29 is 9.18 Å². The van der Waals surface area contributed by atoms with E-state index in [0.29, 0.717) is 13.0 Å². The minimum absolute atomic E-state index is 0.0975. The molecule has 4 heteroatoms. The average Bonchev–Trinajstić information content (AvgIpc) is 2.69. The fourth-order valence-electron chi connectivity index (χ4n) is 2.25. The Morgan fingerprint density at radius 1 is 1.43 bits per heavy atom. The third-order valence-electron chi connectivity index (χ3n) is 3.09. The van der Waals surface area contributed by atoms with Gasteiger partial charge >= 0.3 is 0 Å². The maximum atomic E-state index is 13.1. The third kappa shape index (κ3) is 2.05. The highest BCUT2D eigenvalue weighted by Gasteiger charge is 2.30. The topological polar surface area (TPSA) is 32.3 Å². The summed E-state index contributed by atoms with van der Waals surface area (Å²) in [4.78, 5) is 13.6. The van der Waals surface area contributed by atoms with Gasteiger partial charge in [-0.25, -0.2) is 4.39 Å². The SMILES string of the molecule is O=C([C@H]1CCNC1)N1CCC[C@@H](F)C1. The number of rotatable bonds is 1. The van der Waals surface area contributed by atoms with Crippen LogP contribution in [-0.4, -0.2) is 43.2 Å². The summed E-state index contributed by atoms with van der Waals surface area (Å²) in [6, 6.07) is 0. The number of nitrogens with zero attached hydrogens (tertiary/aromatic N) is 1. The van der Waals surface area contributed by atoms with Gasteiger partial charge in [-0.15, -0.1) is 0 Å². The molecule has 0 aromatic carbocycles. The third-order valence-corrected chi connectivity index (χ3v) is 3.09. The van der Waals surface area contributed by atoms with Crippen molar-refractivity contribution in [2.75, 3.05) is 26.2 Å². The Morgan fingerprint density at radius 3 is 2.93 bits per heavy atom. The lowest BCUT2D eigenvalue weighted by Gasteiger charge is -2.30. The van der Waals surface area contributed by atoms with E-state index in [0.717, 1.165) is 32.5 Å². The zero-order valence-electron chi connectivity index (χ0n) is 8.34. The molecule has 14 heavy (non-hydrogen) atoms. The molecule has 0 spiro atoms. The van der Waals surface area contributed by atoms with Crippen LogP contribution in [0.1, 0.15) is 19.3 Å². The molecular weight excluding hydrogens is 183 g/mol. The Labute approximate surface area is 83.6 Å². The van der Waals surface area contributed by atoms with Crippen LogP contribution in [0.2, 0.25) is 0 Å². The predicted molar refractivity (Wildman–Crippen MR) is 51.7 cm³/mol. The molecule has 2 atom stereocenters. The standard InChI is InChI=1S/C10H17FN2O/c11-9-2-1-5-13(7-9)10(14)8-3-4-12-6-8/h8-9,12H,1-7H2/t8-,9+/m0/s1. The Hall–Kier alpha value is -0.640. The van der Waals surface area contributed by atoms with Crippen LogP contribution in [0.15, 0.2) is 0 Å². The normalized spacial score (nSPS) is 33.4. The largest absolute Gasteiger partial charge is 0.340 e. The van der Waals surface area contributed by atoms with Crippen molar-refractivity contribution in [3.05, 3.63) is 0 Å². The number of alkyl halides is 1. The Kier molecular flexibility index (Phi) is 3.01. The summed E-state index contributed by atoms with van der Waals surface area (Å²) < 4.78 is 13.1. The van der Waals surface area contributed by atoms with Gasteiger partial charge in [-0.3, -0.25) is 4.79 Å². The van der Waals surface area contributed by atoms with Crippen LogP contribution in [-0.2, 0) is 4.79 Å². The number of nitrogens with one attached hydrogen (secondary N) is 1. The first kappa shape index (κ1) is 9.90. The fraction of sp³-hybridized carbons (Fsp3) is 0.900. The number of halogens is 1. The van der Waals surface area contributed by atoms with Crippen molar-refractivity contribution in [2.45, 2.75) is 25.4 Å². The van der Waals surface area contributed by atoms with Crippen LogP contribution >= 0.6 is 0 Å². The molecule has 0 aromatic heterocycles. The molecule has 1 amide bonds. The molecule has 0 aliphatic carbocycles. The van der Waals surface area contributed by atoms with E-state index in [1.165, 1.54) is 0 Å². The first-order valence-electron chi connectivity index (χ1n) is 5.41. The molecule has 2 rings (SSSR count). The van der Waals surface area contributed by atoms with Gasteiger partial charge in [0.15, 0.2) is 0 Å². The van der Waals surface area contributed by atoms with E-state index in [4.69, 9.17) is 0 Å². The van der Waals surface area contributed by atoms with Gasteiger partial charge in [0, 0.05) is 13.1 Å². The lowest BCUT2D eigenvalue weighted by molar-refractivity contribution is -0.137. The molecule has 2 heterocycles. The monoisotopic (exact) mass is 200 g/mol. The number of piperidine rings is 1. The van der Waals surface area contributed by atoms with Gasteiger partial charge < -0.3 is 10.2 Å². The molecule has 0 aromatic rings. The van der Waals surface area contributed by atoms with E-state index in [1.54, 1.807) is 4.90 Å². The zero-order valence-corrected chi connectivity index (χ0v) is 8.34. The minimum atomic E-state index is -0.804. The summed E-state index contributed by atoms with van der Waals surface area (Å²) in [6.07, 6.45) is 1.54. The van der Waals surface area contributed by atoms with Gasteiger partial charge in [0.2, 0.25) is 5.91 Å². The number of hydrogen-bond acceptors (Lipinski definition) is 2. The number of likely N-dealkylation sites (tertiary alicyclic amines) is 1. The Bertz CT molecular complexity index is 216. The average molecular weight is 200 g/mol. The molecule has 80 valence electrons. The highest BCUT2D eigenvalue weighted by atomic mass is 19.1. The summed E-state index contributed by atoms with van der Waals surface area (Å²) in [6.45, 7) is 2.75. The van der Waals surface area contributed by atoms with Crippen molar-refractivity contribution in [1.82, 2.24) is 10.2 Å². The van der Waals surface area contributed by atoms with Crippen molar-refractivity contribution in [3.63, 3.8) is 0 Å². The maximum Gasteiger partial charge on any atom is 0.227 e. The highest BCUT2D eigenvalue weighted by molar-refractivity contribution is 5.79. The molecule has 2 aliphatic heterocycles. The van der Waals surface area contributed by atoms with Gasteiger partial charge in [0.25, 0.3) is 0 Å². The summed E-state index contributed by atoms with van der Waals surface area (Å²) in [5, 5.41) is 3.16. The molecule has 2 saturated heterocycles. The smallest absolute Gasteiger partial charge is 0.227 e. The summed E-state index contributed by atoms with van der Waals surface area (Å²) in [5.74, 6) is 0.248. The molecule has 0 saturated carbocycles. The molecule has 0 unspecified atom stereocenters. The second-order valence-corrected chi connectivity index (χ2v) is 4.21. The van der Waals surface area contributed by atoms with E-state index in [1.807, 2.05) is 0 Å². The van der Waals surface area contributed by atoms with Gasteiger partial charge in [0.05, 0.1) is 12.5 Å². The van der Waals surface area contributed by atoms with Crippen molar-refractivity contribution in [1.29, 1.82) is 0 Å². The van der Waals surface area contributed by atoms with Crippen LogP contribution in [0.4, 0.5) is 4.39 Å². The second kappa shape index (κ2) is 4.26. The van der Waals surface area contributed by atoms with Crippen molar-refractivity contribution >= 4 is 5.91 Å². The molecule has 0 bridgehead atoms. The lowest BCUT2D eigenvalue weighted by atomic mass is 10.0. The number of hydrogen-bond donors (Lipinski definition) is 1. The minimum Gasteiger partial charge on any atom is -0.340 e. The maximum absolute atomic E-state index is 13.1. The van der Waals surface area contributed by atoms with Gasteiger partial charge in [-0.1, -0.05) is 0 Å². The fourth-order valence-corrected chi connectivity index (χ4v) is 2.25. The van der Waals surface area contributed by atoms with Crippen LogP contribution in [0.3, 0.4) is 0 Å². The van der Waals surface area contributed by atoms with E-state index in [2.05, 4.69) is 5.32 Å². The predicted octanol–water partition coefficient (Wildman–Crippen LogP) is 0.556. The van der Waals surface area contributed by atoms with Crippen molar-refractivity contribution in [2.24, 2.45) is 5.92 Å². The van der Waals surface area contributed by atoms with E-state index < -0.39 is 6.17 Å². The molecule has 3 nitrogen and oxygen atoms in total. The lowest BCUT2D eigenvalue weighted by Crippen LogP contribution is -2.44. The number of amides is 1. The summed E-state index contributed by atoms with van der Waals surface area (Å²) in [7, 11) is 0. The second-order valence-electron chi connectivity index (χ2n) is 4.21. The quantitative estimate of drug-likeness (QED) is 0.670. The molecule has 2 aliphatic rings. The van der Waals surface area contributed by atoms with E-state index in [-0.39, 0.29) is 11.8 Å². The van der Waals surface area contributed by atoms with Gasteiger partial charge in [0.1, 0.15) is 6.17 Å². The number of carbonyl (C=O) groups excluding carboxylic acids is 1. The summed E-state index contributed by atoms with van der Waals surface area (Å²) >= 11 is 0. The first-order valence-corrected chi connectivity index (χ1v) is 5.41. The zero-order chi connectivity index (χ0) is 9.97. The Morgan fingerprint density at radius 2 is 2.29 bits per heavy atom. The van der Waals surface area contributed by atoms with E-state index in [9.17, 15) is 9.18 Å². The number of carbonyl (C=O) groups is 1. The first-order chi connectivity index (χ1) is 6.77. The van der Waals surface area contributed by atoms with Crippen LogP contribution in [0.5, 0.6) is 0 Å². The molecule has 0 radical (unpaired) electrons. The molecule has 1 N–H and O–H groups in total. The van der Waals surface area contributed by atoms with Gasteiger partial charge in [-0.2, -0.15) is 0 Å². The Balaban J connectivity index is 1.89. The van der Waals surface area contributed by atoms with E-state index >= 15 is 0 Å². The van der Waals surface area contributed by atoms with Crippen molar-refractivity contribution in [3.8, 4) is 0 Å². The summed E-state index contributed by atoms with van der Waals surface area (Å²) in [5.41, 5.74) is 0. The van der Waals surface area contributed by atoms with Crippen LogP contribution < -0.4 is 5.32 Å². The van der Waals surface area contributed by atoms with Crippen LogP contribution in [0, 0.1) is 5.92 Å². The highest BCUT2D eigenvalue weighted by Crippen LogP contribution is 2.18. The molecular formula is C10H17FN2O. The molecule has 2 fully saturated rings.